The van der Waals surface area contributed by atoms with Gasteiger partial charge in [-0.15, -0.1) is 0 Å². The number of nitrogens with one attached hydrogen (secondary N) is 1. The van der Waals surface area contributed by atoms with Crippen molar-refractivity contribution in [3.63, 3.8) is 0 Å². The zero-order chi connectivity index (χ0) is 16.4. The average Bonchev–Trinajstić information content (AvgIpc) is 2.43. The third-order valence-corrected chi connectivity index (χ3v) is 2.71. The Labute approximate surface area is 129 Å². The minimum atomic E-state index is -0.968. The van der Waals surface area contributed by atoms with Crippen molar-refractivity contribution in [2.24, 2.45) is 5.73 Å². The van der Waals surface area contributed by atoms with E-state index in [1.807, 2.05) is 19.1 Å². The molecule has 0 aliphatic heterocycles. The van der Waals surface area contributed by atoms with Crippen LogP contribution in [0.3, 0.4) is 0 Å². The lowest BCUT2D eigenvalue weighted by molar-refractivity contribution is -0.143. The van der Waals surface area contributed by atoms with E-state index in [0.29, 0.717) is 11.6 Å². The number of nitrogens with two attached hydrogens (primary N) is 1. The van der Waals surface area contributed by atoms with E-state index < -0.39 is 12.0 Å². The van der Waals surface area contributed by atoms with Crippen LogP contribution in [0.4, 0.5) is 5.69 Å². The summed E-state index contributed by atoms with van der Waals surface area (Å²) in [6.45, 7) is 5.57. The third-order valence-electron chi connectivity index (χ3n) is 2.40. The summed E-state index contributed by atoms with van der Waals surface area (Å²) in [5, 5.41) is 11.3. The quantitative estimate of drug-likeness (QED) is 0.719. The molecule has 4 N–H and O–H groups in total. The molecule has 1 aromatic rings. The maximum atomic E-state index is 11.4. The molecule has 0 amide bonds. The number of carbonyl (C=O) groups is 2. The molecule has 1 aromatic carbocycles. The van der Waals surface area contributed by atoms with Gasteiger partial charge in [0.25, 0.3) is 0 Å². The maximum Gasteiger partial charge on any atom is 0.328 e. The molecule has 0 saturated carbocycles. The summed E-state index contributed by atoms with van der Waals surface area (Å²) >= 11 is 6.04. The minimum Gasteiger partial charge on any atom is -0.480 e. The first-order valence-electron chi connectivity index (χ1n) is 6.43. The molecule has 0 spiro atoms. The lowest BCUT2D eigenvalue weighted by Gasteiger charge is -2.16. The maximum absolute atomic E-state index is 11.4. The lowest BCUT2D eigenvalue weighted by Crippen LogP contribution is -2.28. The van der Waals surface area contributed by atoms with Crippen LogP contribution in [0.1, 0.15) is 19.4 Å². The molecule has 21 heavy (non-hydrogen) atoms. The van der Waals surface area contributed by atoms with Crippen LogP contribution in [0.25, 0.3) is 0 Å². The highest BCUT2D eigenvalue weighted by atomic mass is 35.5. The fourth-order valence-corrected chi connectivity index (χ4v) is 1.63. The first-order chi connectivity index (χ1) is 9.83. The second-order valence-corrected chi connectivity index (χ2v) is 4.55. The summed E-state index contributed by atoms with van der Waals surface area (Å²) in [5.41, 5.74) is 6.36. The molecule has 118 valence electrons. The van der Waals surface area contributed by atoms with Crippen LogP contribution in [0.2, 0.25) is 5.02 Å². The number of rotatable bonds is 5. The van der Waals surface area contributed by atoms with E-state index in [4.69, 9.17) is 21.4 Å². The second-order valence-electron chi connectivity index (χ2n) is 4.15. The van der Waals surface area contributed by atoms with E-state index in [1.165, 1.54) is 0 Å². The van der Waals surface area contributed by atoms with Crippen molar-refractivity contribution in [2.75, 3.05) is 18.5 Å². The molecule has 7 heteroatoms. The van der Waals surface area contributed by atoms with Gasteiger partial charge in [0.1, 0.15) is 6.04 Å². The number of anilines is 1. The van der Waals surface area contributed by atoms with Gasteiger partial charge in [-0.3, -0.25) is 4.79 Å². The van der Waals surface area contributed by atoms with Crippen molar-refractivity contribution in [1.82, 2.24) is 0 Å². The van der Waals surface area contributed by atoms with Gasteiger partial charge in [-0.1, -0.05) is 23.7 Å². The number of carbonyl (C=O) groups excluding carboxylic acids is 1. The molecule has 1 rings (SSSR count). The first-order valence-corrected chi connectivity index (χ1v) is 6.81. The highest BCUT2D eigenvalue weighted by Crippen LogP contribution is 2.25. The van der Waals surface area contributed by atoms with Gasteiger partial charge >= 0.3 is 11.9 Å². The van der Waals surface area contributed by atoms with Gasteiger partial charge in [-0.2, -0.15) is 0 Å². The van der Waals surface area contributed by atoms with Crippen LogP contribution in [0, 0.1) is 6.92 Å². The van der Waals surface area contributed by atoms with E-state index in [2.05, 4.69) is 11.1 Å². The Morgan fingerprint density at radius 2 is 2.05 bits per heavy atom. The molecule has 0 saturated heterocycles. The monoisotopic (exact) mass is 316 g/mol. The molecule has 0 unspecified atom stereocenters. The largest absolute Gasteiger partial charge is 0.480 e. The molecule has 0 aliphatic rings. The zero-order valence-corrected chi connectivity index (χ0v) is 13.1. The molecule has 0 aliphatic carbocycles. The Morgan fingerprint density at radius 3 is 2.48 bits per heavy atom. The number of aryl methyl sites for hydroxylation is 1. The van der Waals surface area contributed by atoms with Gasteiger partial charge in [0.05, 0.1) is 23.9 Å². The van der Waals surface area contributed by atoms with Gasteiger partial charge in [-0.05, 0) is 32.4 Å². The number of hydrogen-bond acceptors (Lipinski definition) is 5. The van der Waals surface area contributed by atoms with E-state index in [1.54, 1.807) is 19.9 Å². The number of benzene rings is 1. The summed E-state index contributed by atoms with van der Waals surface area (Å²) in [5.74, 6) is -1.24. The smallest absolute Gasteiger partial charge is 0.328 e. The van der Waals surface area contributed by atoms with Gasteiger partial charge in [0, 0.05) is 0 Å². The lowest BCUT2D eigenvalue weighted by atomic mass is 10.2. The van der Waals surface area contributed by atoms with Crippen molar-refractivity contribution in [3.05, 3.63) is 28.8 Å². The predicted molar refractivity (Wildman–Crippen MR) is 82.6 cm³/mol. The molecule has 6 nitrogen and oxygen atoms in total. The SMILES string of the molecule is CCOC(=O)[C@H](C)Nc1c(C)cccc1Cl.NCC(=O)O. The standard InChI is InChI=1S/C12H16ClNO2.C2H5NO2/c1-4-16-12(15)9(3)14-11-8(2)6-5-7-10(11)13;3-1-2(4)5/h5-7,9,14H,4H2,1-3H3;1,3H2,(H,4,5)/t9-;/m0./s1. The third kappa shape index (κ3) is 7.53. The Balaban J connectivity index is 0.000000690. The fourth-order valence-electron chi connectivity index (χ4n) is 1.36. The van der Waals surface area contributed by atoms with Gasteiger partial charge in [0.2, 0.25) is 0 Å². The van der Waals surface area contributed by atoms with Gasteiger partial charge in [-0.25, -0.2) is 4.79 Å². The van der Waals surface area contributed by atoms with Crippen LogP contribution in [0.15, 0.2) is 18.2 Å². The Bertz CT molecular complexity index is 460. The van der Waals surface area contributed by atoms with Crippen molar-refractivity contribution in [1.29, 1.82) is 0 Å². The highest BCUT2D eigenvalue weighted by molar-refractivity contribution is 6.33. The van der Waals surface area contributed by atoms with Crippen molar-refractivity contribution in [3.8, 4) is 0 Å². The number of esters is 1. The van der Waals surface area contributed by atoms with Crippen LogP contribution in [0.5, 0.6) is 0 Å². The summed E-state index contributed by atoms with van der Waals surface area (Å²) in [6.07, 6.45) is 0. The van der Waals surface area contributed by atoms with E-state index >= 15 is 0 Å². The summed E-state index contributed by atoms with van der Waals surface area (Å²) in [4.78, 5) is 20.7. The molecular formula is C14H21ClN2O4. The van der Waals surface area contributed by atoms with Crippen LogP contribution >= 0.6 is 11.6 Å². The summed E-state index contributed by atoms with van der Waals surface area (Å²) in [7, 11) is 0. The Morgan fingerprint density at radius 1 is 1.48 bits per heavy atom. The van der Waals surface area contributed by atoms with E-state index in [0.717, 1.165) is 11.3 Å². The number of carboxylic acid groups (broad SMARTS) is 1. The first kappa shape index (κ1) is 19.2. The molecule has 0 aromatic heterocycles. The zero-order valence-electron chi connectivity index (χ0n) is 12.4. The van der Waals surface area contributed by atoms with E-state index in [9.17, 15) is 9.59 Å². The second kappa shape index (κ2) is 10.0. The number of halogens is 1. The number of aliphatic carboxylic acids is 1. The van der Waals surface area contributed by atoms with Crippen LogP contribution in [-0.4, -0.2) is 36.2 Å². The summed E-state index contributed by atoms with van der Waals surface area (Å²) < 4.78 is 4.91. The molecular weight excluding hydrogens is 296 g/mol. The topological polar surface area (TPSA) is 102 Å². The van der Waals surface area contributed by atoms with Gasteiger partial charge in [0.15, 0.2) is 0 Å². The Hall–Kier alpha value is -1.79. The summed E-state index contributed by atoms with van der Waals surface area (Å²) in [6, 6.07) is 5.19. The average molecular weight is 317 g/mol. The highest BCUT2D eigenvalue weighted by Gasteiger charge is 2.15. The number of para-hydroxylation sites is 1. The fraction of sp³-hybridized carbons (Fsp3) is 0.429. The minimum absolute atomic E-state index is 0.276. The Kier molecular flexibility index (Phi) is 9.16. The number of ether oxygens (including phenoxy) is 1. The molecule has 0 radical (unpaired) electrons. The molecule has 0 fully saturated rings. The number of hydrogen-bond donors (Lipinski definition) is 3. The normalized spacial score (nSPS) is 10.9. The van der Waals surface area contributed by atoms with Crippen LogP contribution < -0.4 is 11.1 Å². The van der Waals surface area contributed by atoms with Crippen LogP contribution in [-0.2, 0) is 14.3 Å². The predicted octanol–water partition coefficient (Wildman–Crippen LogP) is 2.04. The molecule has 1 atom stereocenters. The van der Waals surface area contributed by atoms with E-state index in [-0.39, 0.29) is 12.5 Å². The van der Waals surface area contributed by atoms with Crippen molar-refractivity contribution in [2.45, 2.75) is 26.8 Å². The number of carboxylic acids is 1. The molecule has 0 heterocycles. The van der Waals surface area contributed by atoms with Crippen molar-refractivity contribution >= 4 is 29.2 Å². The van der Waals surface area contributed by atoms with Crippen molar-refractivity contribution < 1.29 is 19.4 Å². The van der Waals surface area contributed by atoms with Gasteiger partial charge < -0.3 is 20.9 Å². The molecule has 0 bridgehead atoms.